The van der Waals surface area contributed by atoms with Crippen LogP contribution in [0.4, 0.5) is 11.4 Å². The highest BCUT2D eigenvalue weighted by atomic mass is 32.2. The maximum absolute atomic E-state index is 12.8. The fraction of sp³-hybridized carbons (Fsp3) is 0.136. The van der Waals surface area contributed by atoms with Crippen molar-refractivity contribution >= 4 is 39.1 Å². The lowest BCUT2D eigenvalue weighted by atomic mass is 10.1. The maximum atomic E-state index is 12.8. The summed E-state index contributed by atoms with van der Waals surface area (Å²) in [7, 11) is -3.94. The number of nitro groups is 1. The number of benzene rings is 2. The van der Waals surface area contributed by atoms with Gasteiger partial charge in [-0.15, -0.1) is 0 Å². The molecule has 13 heteroatoms. The van der Waals surface area contributed by atoms with Crippen molar-refractivity contribution < 1.29 is 32.1 Å². The second kappa shape index (κ2) is 9.12. The highest BCUT2D eigenvalue weighted by Gasteiger charge is 2.44. The van der Waals surface area contributed by atoms with Crippen molar-refractivity contribution in [3.8, 4) is 0 Å². The van der Waals surface area contributed by atoms with Crippen LogP contribution in [0.5, 0.6) is 0 Å². The average Bonchev–Trinajstić information content (AvgIpc) is 3.44. The van der Waals surface area contributed by atoms with Crippen LogP contribution in [-0.4, -0.2) is 42.0 Å². The summed E-state index contributed by atoms with van der Waals surface area (Å²) in [6.07, 6.45) is 1.41. The lowest BCUT2D eigenvalue weighted by Gasteiger charge is -2.21. The van der Waals surface area contributed by atoms with Crippen LogP contribution in [-0.2, 0) is 21.4 Å². The second-order valence-electron chi connectivity index (χ2n) is 7.53. The number of anilines is 1. The van der Waals surface area contributed by atoms with Crippen LogP contribution in [0.1, 0.15) is 33.4 Å². The van der Waals surface area contributed by atoms with Gasteiger partial charge in [-0.2, -0.15) is 0 Å². The van der Waals surface area contributed by atoms with Crippen molar-refractivity contribution in [2.75, 3.05) is 5.32 Å². The number of sulfonamides is 1. The Bertz CT molecular complexity index is 1450. The number of nitro benzene ring substituents is 1. The third kappa shape index (κ3) is 4.54. The summed E-state index contributed by atoms with van der Waals surface area (Å²) in [6.45, 7) is 1.21. The molecule has 2 aromatic carbocycles. The maximum Gasteiger partial charge on any atom is 0.282 e. The number of hydrogen-bond donors (Lipinski definition) is 2. The SMILES string of the molecule is C[C@@H](C(=O)Nc1cccc(S(=O)(=O)NCc2ccco2)c1)N1C(=O)c2cccc([N+](=O)[O-])c2C1=O. The number of imide groups is 1. The third-order valence-electron chi connectivity index (χ3n) is 5.32. The lowest BCUT2D eigenvalue weighted by Crippen LogP contribution is -2.45. The standard InChI is InChI=1S/C22H18N4O8S/c1-13(25-21(28)17-8-3-9-18(26(30)31)19(17)22(25)29)20(27)24-14-5-2-7-16(11-14)35(32,33)23-12-15-6-4-10-34-15/h2-11,13,23H,12H2,1H3,(H,24,27)/t13-/m0/s1. The number of hydrogen-bond acceptors (Lipinski definition) is 8. The van der Waals surface area contributed by atoms with Crippen LogP contribution < -0.4 is 10.0 Å². The lowest BCUT2D eigenvalue weighted by molar-refractivity contribution is -0.385. The molecule has 0 saturated carbocycles. The molecule has 3 aromatic rings. The number of carbonyl (C=O) groups is 3. The van der Waals surface area contributed by atoms with E-state index in [0.717, 1.165) is 6.07 Å². The van der Waals surface area contributed by atoms with Crippen molar-refractivity contribution in [1.82, 2.24) is 9.62 Å². The number of amides is 3. The van der Waals surface area contributed by atoms with E-state index in [2.05, 4.69) is 10.0 Å². The van der Waals surface area contributed by atoms with Gasteiger partial charge < -0.3 is 9.73 Å². The molecule has 3 amide bonds. The first-order chi connectivity index (χ1) is 16.6. The predicted molar refractivity (Wildman–Crippen MR) is 121 cm³/mol. The van der Waals surface area contributed by atoms with Crippen molar-refractivity contribution in [3.63, 3.8) is 0 Å². The summed E-state index contributed by atoms with van der Waals surface area (Å²) >= 11 is 0. The normalized spacial score (nSPS) is 14.0. The fourth-order valence-electron chi connectivity index (χ4n) is 3.56. The molecule has 0 unspecified atom stereocenters. The zero-order chi connectivity index (χ0) is 25.3. The molecule has 0 fully saturated rings. The Morgan fingerprint density at radius 2 is 1.86 bits per heavy atom. The molecular formula is C22H18N4O8S. The van der Waals surface area contributed by atoms with Crippen LogP contribution in [0.15, 0.2) is 70.2 Å². The van der Waals surface area contributed by atoms with Crippen LogP contribution in [0.2, 0.25) is 0 Å². The van der Waals surface area contributed by atoms with E-state index in [4.69, 9.17) is 4.42 Å². The topological polar surface area (TPSA) is 169 Å². The number of carbonyl (C=O) groups excluding carboxylic acids is 3. The smallest absolute Gasteiger partial charge is 0.282 e. The van der Waals surface area contributed by atoms with E-state index < -0.39 is 44.4 Å². The Labute approximate surface area is 198 Å². The van der Waals surface area contributed by atoms with E-state index in [1.807, 2.05) is 0 Å². The Kier molecular flexibility index (Phi) is 6.20. The quantitative estimate of drug-likeness (QED) is 0.271. The average molecular weight is 498 g/mol. The van der Waals surface area contributed by atoms with E-state index in [1.165, 1.54) is 49.6 Å². The first kappa shape index (κ1) is 23.8. The predicted octanol–water partition coefficient (Wildman–Crippen LogP) is 2.29. The molecule has 180 valence electrons. The molecule has 1 atom stereocenters. The van der Waals surface area contributed by atoms with Gasteiger partial charge in [0.15, 0.2) is 0 Å². The summed E-state index contributed by atoms with van der Waals surface area (Å²) in [5, 5.41) is 13.8. The van der Waals surface area contributed by atoms with Gasteiger partial charge in [0, 0.05) is 11.8 Å². The Hall–Kier alpha value is -4.36. The molecule has 1 aliphatic rings. The largest absolute Gasteiger partial charge is 0.468 e. The molecule has 12 nitrogen and oxygen atoms in total. The van der Waals surface area contributed by atoms with Crippen molar-refractivity contribution in [2.24, 2.45) is 0 Å². The van der Waals surface area contributed by atoms with Crippen LogP contribution in [0.25, 0.3) is 0 Å². The number of rotatable bonds is 8. The first-order valence-electron chi connectivity index (χ1n) is 10.2. The third-order valence-corrected chi connectivity index (χ3v) is 6.72. The molecule has 1 aromatic heterocycles. The summed E-state index contributed by atoms with van der Waals surface area (Å²) in [5.74, 6) is -2.18. The van der Waals surface area contributed by atoms with Gasteiger partial charge in [0.1, 0.15) is 17.4 Å². The highest BCUT2D eigenvalue weighted by molar-refractivity contribution is 7.89. The Morgan fingerprint density at radius 3 is 2.54 bits per heavy atom. The summed E-state index contributed by atoms with van der Waals surface area (Å²) in [5.41, 5.74) is -0.973. The Morgan fingerprint density at radius 1 is 1.11 bits per heavy atom. The van der Waals surface area contributed by atoms with Gasteiger partial charge in [0.25, 0.3) is 17.5 Å². The molecule has 0 spiro atoms. The number of nitrogens with one attached hydrogen (secondary N) is 2. The van der Waals surface area contributed by atoms with Crippen LogP contribution in [0, 0.1) is 10.1 Å². The summed E-state index contributed by atoms with van der Waals surface area (Å²) in [4.78, 5) is 49.4. The van der Waals surface area contributed by atoms with Crippen molar-refractivity contribution in [3.05, 3.63) is 87.9 Å². The molecule has 1 aliphatic heterocycles. The molecule has 2 N–H and O–H groups in total. The van der Waals surface area contributed by atoms with Crippen molar-refractivity contribution in [2.45, 2.75) is 24.4 Å². The molecule has 0 bridgehead atoms. The zero-order valence-corrected chi connectivity index (χ0v) is 18.9. The number of fused-ring (bicyclic) bond motifs is 1. The zero-order valence-electron chi connectivity index (χ0n) is 18.1. The Balaban J connectivity index is 1.50. The minimum Gasteiger partial charge on any atom is -0.468 e. The molecule has 0 saturated heterocycles. The van der Waals surface area contributed by atoms with Gasteiger partial charge in [-0.05, 0) is 43.3 Å². The van der Waals surface area contributed by atoms with Crippen LogP contribution in [0.3, 0.4) is 0 Å². The van der Waals surface area contributed by atoms with Crippen LogP contribution >= 0.6 is 0 Å². The molecule has 0 radical (unpaired) electrons. The van der Waals surface area contributed by atoms with E-state index >= 15 is 0 Å². The van der Waals surface area contributed by atoms with E-state index in [0.29, 0.717) is 10.7 Å². The van der Waals surface area contributed by atoms with E-state index in [1.54, 1.807) is 12.1 Å². The summed E-state index contributed by atoms with van der Waals surface area (Å²) in [6, 6.07) is 10.9. The summed E-state index contributed by atoms with van der Waals surface area (Å²) < 4.78 is 32.6. The number of furan rings is 1. The van der Waals surface area contributed by atoms with Gasteiger partial charge >= 0.3 is 0 Å². The van der Waals surface area contributed by atoms with E-state index in [-0.39, 0.29) is 28.3 Å². The van der Waals surface area contributed by atoms with Crippen molar-refractivity contribution in [1.29, 1.82) is 0 Å². The minimum atomic E-state index is -3.94. The number of nitrogens with zero attached hydrogens (tertiary/aromatic N) is 2. The van der Waals surface area contributed by atoms with Gasteiger partial charge in [0.05, 0.1) is 28.2 Å². The van der Waals surface area contributed by atoms with Gasteiger partial charge in [-0.1, -0.05) is 12.1 Å². The molecule has 0 aliphatic carbocycles. The molecular weight excluding hydrogens is 480 g/mol. The fourth-order valence-corrected chi connectivity index (χ4v) is 4.60. The van der Waals surface area contributed by atoms with E-state index in [9.17, 15) is 32.9 Å². The first-order valence-corrected chi connectivity index (χ1v) is 11.7. The minimum absolute atomic E-state index is 0.0746. The molecule has 35 heavy (non-hydrogen) atoms. The van der Waals surface area contributed by atoms with Gasteiger partial charge in [-0.25, -0.2) is 13.1 Å². The molecule has 2 heterocycles. The van der Waals surface area contributed by atoms with Gasteiger partial charge in [-0.3, -0.25) is 29.4 Å². The highest BCUT2D eigenvalue weighted by Crippen LogP contribution is 2.32. The van der Waals surface area contributed by atoms with Gasteiger partial charge in [0.2, 0.25) is 15.9 Å². The molecule has 4 rings (SSSR count). The second-order valence-corrected chi connectivity index (χ2v) is 9.30. The monoisotopic (exact) mass is 498 g/mol.